The Hall–Kier alpha value is -2.54. The molecule has 0 spiro atoms. The fourth-order valence-electron chi connectivity index (χ4n) is 2.26. The summed E-state index contributed by atoms with van der Waals surface area (Å²) in [6, 6.07) is 5.58. The third-order valence-corrected chi connectivity index (χ3v) is 4.28. The van der Waals surface area contributed by atoms with Crippen LogP contribution in [0.1, 0.15) is 26.8 Å². The highest BCUT2D eigenvalue weighted by Gasteiger charge is 2.15. The number of hydrogen-bond donors (Lipinski definition) is 1. The number of nitrogens with one attached hydrogen (secondary N) is 1. The molecule has 0 aliphatic rings. The van der Waals surface area contributed by atoms with Gasteiger partial charge < -0.3 is 5.32 Å². The molecule has 0 saturated carbocycles. The molecule has 0 aliphatic carbocycles. The molecule has 3 aromatic rings. The summed E-state index contributed by atoms with van der Waals surface area (Å²) in [6.45, 7) is 4.39. The van der Waals surface area contributed by atoms with Crippen LogP contribution in [0.3, 0.4) is 0 Å². The third-order valence-electron chi connectivity index (χ3n) is 3.45. The maximum Gasteiger partial charge on any atom is 0.254 e. The van der Waals surface area contributed by atoms with Gasteiger partial charge in [0.2, 0.25) is 0 Å². The van der Waals surface area contributed by atoms with Crippen LogP contribution >= 0.6 is 11.3 Å². The van der Waals surface area contributed by atoms with Gasteiger partial charge in [-0.25, -0.2) is 14.6 Å². The van der Waals surface area contributed by atoms with E-state index in [4.69, 9.17) is 0 Å². The van der Waals surface area contributed by atoms with Crippen molar-refractivity contribution < 1.29 is 4.79 Å². The number of pyridine rings is 1. The summed E-state index contributed by atoms with van der Waals surface area (Å²) in [7, 11) is 0. The Kier molecular flexibility index (Phi) is 4.47. The van der Waals surface area contributed by atoms with E-state index >= 15 is 0 Å². The molecule has 0 unspecified atom stereocenters. The second-order valence-corrected chi connectivity index (χ2v) is 6.17. The van der Waals surface area contributed by atoms with Crippen molar-refractivity contribution in [3.8, 4) is 5.82 Å². The van der Waals surface area contributed by atoms with Gasteiger partial charge in [-0.05, 0) is 26.0 Å². The predicted octanol–water partition coefficient (Wildman–Crippen LogP) is 2.31. The zero-order valence-electron chi connectivity index (χ0n) is 13.0. The largest absolute Gasteiger partial charge is 0.352 e. The van der Waals surface area contributed by atoms with E-state index in [2.05, 4.69) is 20.4 Å². The summed E-state index contributed by atoms with van der Waals surface area (Å²) >= 11 is 1.62. The maximum absolute atomic E-state index is 12.3. The van der Waals surface area contributed by atoms with E-state index in [-0.39, 0.29) is 5.91 Å². The molecule has 0 aromatic carbocycles. The van der Waals surface area contributed by atoms with Gasteiger partial charge in [-0.2, -0.15) is 5.10 Å². The molecule has 7 heteroatoms. The van der Waals surface area contributed by atoms with Gasteiger partial charge in [0.25, 0.3) is 5.91 Å². The van der Waals surface area contributed by atoms with Crippen molar-refractivity contribution in [3.05, 3.63) is 57.9 Å². The van der Waals surface area contributed by atoms with Crippen molar-refractivity contribution in [2.24, 2.45) is 0 Å². The average molecular weight is 327 g/mol. The molecule has 6 nitrogen and oxygen atoms in total. The number of aromatic nitrogens is 4. The molecule has 0 radical (unpaired) electrons. The van der Waals surface area contributed by atoms with Crippen LogP contribution in [0.2, 0.25) is 0 Å². The molecule has 118 valence electrons. The van der Waals surface area contributed by atoms with Gasteiger partial charge in [0.05, 0.1) is 28.2 Å². The highest BCUT2D eigenvalue weighted by molar-refractivity contribution is 7.09. The first-order valence-corrected chi connectivity index (χ1v) is 8.18. The molecule has 0 saturated heterocycles. The quantitative estimate of drug-likeness (QED) is 0.780. The van der Waals surface area contributed by atoms with Crippen molar-refractivity contribution in [2.75, 3.05) is 6.54 Å². The molecule has 3 heterocycles. The van der Waals surface area contributed by atoms with E-state index in [0.717, 1.165) is 22.8 Å². The smallest absolute Gasteiger partial charge is 0.254 e. The summed E-state index contributed by atoms with van der Waals surface area (Å²) in [5.41, 5.74) is 2.34. The van der Waals surface area contributed by atoms with Crippen LogP contribution in [0.5, 0.6) is 0 Å². The highest BCUT2D eigenvalue weighted by atomic mass is 32.1. The molecular formula is C16H17N5OS. The fraction of sp³-hybridized carbons (Fsp3) is 0.250. The first kappa shape index (κ1) is 15.4. The van der Waals surface area contributed by atoms with Gasteiger partial charge in [-0.1, -0.05) is 6.07 Å². The Morgan fingerprint density at radius 1 is 1.35 bits per heavy atom. The Morgan fingerprint density at radius 2 is 2.22 bits per heavy atom. The summed E-state index contributed by atoms with van der Waals surface area (Å²) in [4.78, 5) is 20.9. The number of amides is 1. The van der Waals surface area contributed by atoms with Crippen LogP contribution < -0.4 is 5.32 Å². The lowest BCUT2D eigenvalue weighted by Gasteiger charge is -2.05. The van der Waals surface area contributed by atoms with Gasteiger partial charge in [-0.3, -0.25) is 4.79 Å². The van der Waals surface area contributed by atoms with Crippen LogP contribution in [-0.2, 0) is 6.42 Å². The summed E-state index contributed by atoms with van der Waals surface area (Å²) in [5.74, 6) is 0.568. The zero-order chi connectivity index (χ0) is 16.2. The summed E-state index contributed by atoms with van der Waals surface area (Å²) in [6.07, 6.45) is 4.00. The second kappa shape index (κ2) is 6.70. The van der Waals surface area contributed by atoms with Crippen molar-refractivity contribution >= 4 is 17.2 Å². The average Bonchev–Trinajstić information content (AvgIpc) is 3.14. The lowest BCUT2D eigenvalue weighted by molar-refractivity contribution is 0.0953. The number of nitrogens with zero attached hydrogens (tertiary/aromatic N) is 4. The number of aryl methyl sites for hydroxylation is 1. The van der Waals surface area contributed by atoms with Crippen molar-refractivity contribution in [2.45, 2.75) is 20.3 Å². The van der Waals surface area contributed by atoms with Crippen molar-refractivity contribution in [1.29, 1.82) is 0 Å². The molecule has 0 fully saturated rings. The van der Waals surface area contributed by atoms with Crippen LogP contribution in [0, 0.1) is 13.8 Å². The molecule has 23 heavy (non-hydrogen) atoms. The van der Waals surface area contributed by atoms with Crippen LogP contribution in [0.4, 0.5) is 0 Å². The molecule has 3 aromatic heterocycles. The Balaban J connectivity index is 1.65. The monoisotopic (exact) mass is 327 g/mol. The van der Waals surface area contributed by atoms with Gasteiger partial charge in [-0.15, -0.1) is 11.3 Å². The van der Waals surface area contributed by atoms with Gasteiger partial charge in [0.15, 0.2) is 5.82 Å². The molecular weight excluding hydrogens is 310 g/mol. The third kappa shape index (κ3) is 3.45. The minimum Gasteiger partial charge on any atom is -0.352 e. The van der Waals surface area contributed by atoms with E-state index in [1.165, 1.54) is 0 Å². The van der Waals surface area contributed by atoms with Crippen molar-refractivity contribution in [3.63, 3.8) is 0 Å². The topological polar surface area (TPSA) is 72.7 Å². The molecule has 0 bridgehead atoms. The zero-order valence-corrected chi connectivity index (χ0v) is 13.8. The van der Waals surface area contributed by atoms with Crippen LogP contribution in [0.15, 0.2) is 36.0 Å². The van der Waals surface area contributed by atoms with Gasteiger partial charge >= 0.3 is 0 Å². The molecule has 1 N–H and O–H groups in total. The van der Waals surface area contributed by atoms with E-state index in [1.54, 1.807) is 28.4 Å². The Labute approximate surface area is 138 Å². The number of rotatable bonds is 5. The minimum absolute atomic E-state index is 0.128. The number of carbonyl (C=O) groups excluding carboxylic acids is 1. The number of hydrogen-bond acceptors (Lipinski definition) is 5. The molecule has 1 amide bonds. The van der Waals surface area contributed by atoms with Gasteiger partial charge in [0.1, 0.15) is 0 Å². The second-order valence-electron chi connectivity index (χ2n) is 5.11. The SMILES string of the molecule is Cc1nc(CCNC(=O)c2cnn(-c3ccccn3)c2C)cs1. The Bertz CT molecular complexity index is 809. The molecule has 0 atom stereocenters. The van der Waals surface area contributed by atoms with Crippen molar-refractivity contribution in [1.82, 2.24) is 25.1 Å². The van der Waals surface area contributed by atoms with E-state index < -0.39 is 0 Å². The number of thiazole rings is 1. The summed E-state index contributed by atoms with van der Waals surface area (Å²) < 4.78 is 1.67. The fourth-order valence-corrected chi connectivity index (χ4v) is 2.91. The lowest BCUT2D eigenvalue weighted by atomic mass is 10.2. The standard InChI is InChI=1S/C16H17N5OS/c1-11-14(9-19-21(11)15-5-3-4-7-17-15)16(22)18-8-6-13-10-23-12(2)20-13/h3-5,7,9-10H,6,8H2,1-2H3,(H,18,22). The van der Waals surface area contributed by atoms with Gasteiger partial charge in [0, 0.05) is 24.5 Å². The molecule has 3 rings (SSSR count). The van der Waals surface area contributed by atoms with E-state index in [1.807, 2.05) is 37.4 Å². The van der Waals surface area contributed by atoms with Crippen LogP contribution in [0.25, 0.3) is 5.82 Å². The lowest BCUT2D eigenvalue weighted by Crippen LogP contribution is -2.26. The maximum atomic E-state index is 12.3. The highest BCUT2D eigenvalue weighted by Crippen LogP contribution is 2.12. The number of carbonyl (C=O) groups is 1. The van der Waals surface area contributed by atoms with E-state index in [9.17, 15) is 4.79 Å². The first-order valence-electron chi connectivity index (χ1n) is 7.30. The first-order chi connectivity index (χ1) is 11.1. The Morgan fingerprint density at radius 3 is 2.91 bits per heavy atom. The molecule has 0 aliphatic heterocycles. The predicted molar refractivity (Wildman–Crippen MR) is 89.0 cm³/mol. The normalized spacial score (nSPS) is 10.7. The van der Waals surface area contributed by atoms with Crippen LogP contribution in [-0.4, -0.2) is 32.2 Å². The van der Waals surface area contributed by atoms with E-state index in [0.29, 0.717) is 17.9 Å². The summed E-state index contributed by atoms with van der Waals surface area (Å²) in [5, 5.41) is 10.2. The minimum atomic E-state index is -0.128.